The third-order valence-electron chi connectivity index (χ3n) is 2.54. The smallest absolute Gasteiger partial charge is 0.120 e. The predicted octanol–water partition coefficient (Wildman–Crippen LogP) is 3.81. The Labute approximate surface area is 106 Å². The summed E-state index contributed by atoms with van der Waals surface area (Å²) >= 11 is 5.90. The van der Waals surface area contributed by atoms with Gasteiger partial charge in [0, 0.05) is 10.7 Å². The zero-order valence-electron chi connectivity index (χ0n) is 9.61. The van der Waals surface area contributed by atoms with Crippen molar-refractivity contribution < 1.29 is 4.74 Å². The first kappa shape index (κ1) is 11.8. The Morgan fingerprint density at radius 1 is 1.18 bits per heavy atom. The molecule has 0 bridgehead atoms. The van der Waals surface area contributed by atoms with Crippen LogP contribution in [0.1, 0.15) is 11.1 Å². The maximum atomic E-state index is 5.90. The second-order valence-electron chi connectivity index (χ2n) is 3.94. The number of ether oxygens (including phenoxy) is 1. The molecule has 0 aliphatic carbocycles. The molecule has 3 heteroatoms. The summed E-state index contributed by atoms with van der Waals surface area (Å²) in [6.07, 6.45) is 0. The van der Waals surface area contributed by atoms with E-state index in [0.29, 0.717) is 6.61 Å². The average molecular weight is 248 g/mol. The molecule has 0 fully saturated rings. The highest BCUT2D eigenvalue weighted by Gasteiger charge is 1.99. The van der Waals surface area contributed by atoms with Crippen molar-refractivity contribution in [2.45, 2.75) is 13.5 Å². The van der Waals surface area contributed by atoms with Gasteiger partial charge in [0.15, 0.2) is 0 Å². The highest BCUT2D eigenvalue weighted by Crippen LogP contribution is 2.20. The van der Waals surface area contributed by atoms with Crippen molar-refractivity contribution in [3.63, 3.8) is 0 Å². The summed E-state index contributed by atoms with van der Waals surface area (Å²) in [5.41, 5.74) is 8.59. The molecule has 2 N–H and O–H groups in total. The molecule has 0 saturated heterocycles. The van der Waals surface area contributed by atoms with Gasteiger partial charge in [0.2, 0.25) is 0 Å². The van der Waals surface area contributed by atoms with E-state index in [1.54, 1.807) is 0 Å². The zero-order chi connectivity index (χ0) is 12.3. The molecule has 2 rings (SSSR count). The first-order valence-electron chi connectivity index (χ1n) is 5.38. The van der Waals surface area contributed by atoms with Gasteiger partial charge >= 0.3 is 0 Å². The molecule has 0 amide bonds. The van der Waals surface area contributed by atoms with Crippen molar-refractivity contribution in [2.24, 2.45) is 0 Å². The summed E-state index contributed by atoms with van der Waals surface area (Å²) in [5, 5.41) is 0.722. The number of nitrogens with two attached hydrogens (primary N) is 1. The van der Waals surface area contributed by atoms with Crippen LogP contribution in [0.3, 0.4) is 0 Å². The number of aryl methyl sites for hydroxylation is 1. The summed E-state index contributed by atoms with van der Waals surface area (Å²) in [5.74, 6) is 0.816. The fourth-order valence-electron chi connectivity index (χ4n) is 1.53. The van der Waals surface area contributed by atoms with E-state index in [1.165, 1.54) is 0 Å². The molecule has 0 saturated carbocycles. The van der Waals surface area contributed by atoms with Gasteiger partial charge in [0.05, 0.1) is 0 Å². The molecule has 0 atom stereocenters. The molecule has 0 spiro atoms. The molecular formula is C14H14ClNO. The quantitative estimate of drug-likeness (QED) is 0.837. The van der Waals surface area contributed by atoms with Crippen LogP contribution >= 0.6 is 11.6 Å². The van der Waals surface area contributed by atoms with Crippen molar-refractivity contribution in [1.29, 1.82) is 0 Å². The number of halogens is 1. The number of hydrogen-bond donors (Lipinski definition) is 1. The van der Waals surface area contributed by atoms with Gasteiger partial charge in [-0.15, -0.1) is 0 Å². The molecule has 0 aliphatic rings. The predicted molar refractivity (Wildman–Crippen MR) is 71.4 cm³/mol. The number of anilines is 1. The van der Waals surface area contributed by atoms with Crippen LogP contribution in [-0.2, 0) is 6.61 Å². The lowest BCUT2D eigenvalue weighted by molar-refractivity contribution is 0.306. The molecule has 2 aromatic carbocycles. The van der Waals surface area contributed by atoms with Crippen LogP contribution in [0.5, 0.6) is 5.75 Å². The van der Waals surface area contributed by atoms with Gasteiger partial charge in [-0.3, -0.25) is 0 Å². The fourth-order valence-corrected chi connectivity index (χ4v) is 1.74. The normalized spacial score (nSPS) is 10.2. The molecule has 17 heavy (non-hydrogen) atoms. The zero-order valence-corrected chi connectivity index (χ0v) is 10.4. The van der Waals surface area contributed by atoms with Crippen LogP contribution in [0.15, 0.2) is 42.5 Å². The lowest BCUT2D eigenvalue weighted by atomic mass is 10.2. The van der Waals surface area contributed by atoms with E-state index in [9.17, 15) is 0 Å². The van der Waals surface area contributed by atoms with Crippen molar-refractivity contribution in [2.75, 3.05) is 5.73 Å². The SMILES string of the molecule is Cc1cc(OCc2cccc(Cl)c2)ccc1N. The minimum Gasteiger partial charge on any atom is -0.489 e. The standard InChI is InChI=1S/C14H14ClNO/c1-10-7-13(5-6-14(10)16)17-9-11-3-2-4-12(15)8-11/h2-8H,9,16H2,1H3. The van der Waals surface area contributed by atoms with Gasteiger partial charge in [-0.2, -0.15) is 0 Å². The summed E-state index contributed by atoms with van der Waals surface area (Å²) in [4.78, 5) is 0. The Morgan fingerprint density at radius 3 is 2.71 bits per heavy atom. The third-order valence-corrected chi connectivity index (χ3v) is 2.77. The van der Waals surface area contributed by atoms with E-state index in [1.807, 2.05) is 49.4 Å². The molecule has 0 unspecified atom stereocenters. The van der Waals surface area contributed by atoms with Crippen molar-refractivity contribution in [1.82, 2.24) is 0 Å². The van der Waals surface area contributed by atoms with Gasteiger partial charge in [-0.05, 0) is 48.4 Å². The fraction of sp³-hybridized carbons (Fsp3) is 0.143. The topological polar surface area (TPSA) is 35.2 Å². The summed E-state index contributed by atoms with van der Waals surface area (Å²) in [7, 11) is 0. The van der Waals surface area contributed by atoms with E-state index in [2.05, 4.69) is 0 Å². The molecule has 0 aromatic heterocycles. The molecule has 0 aliphatic heterocycles. The van der Waals surface area contributed by atoms with E-state index < -0.39 is 0 Å². The number of hydrogen-bond acceptors (Lipinski definition) is 2. The Hall–Kier alpha value is -1.67. The van der Waals surface area contributed by atoms with Gasteiger partial charge in [0.25, 0.3) is 0 Å². The highest BCUT2D eigenvalue weighted by molar-refractivity contribution is 6.30. The lowest BCUT2D eigenvalue weighted by Gasteiger charge is -2.08. The first-order chi connectivity index (χ1) is 8.15. The molecular weight excluding hydrogens is 234 g/mol. The van der Waals surface area contributed by atoms with Crippen LogP contribution in [0, 0.1) is 6.92 Å². The first-order valence-corrected chi connectivity index (χ1v) is 5.76. The van der Waals surface area contributed by atoms with E-state index in [0.717, 1.165) is 27.6 Å². The highest BCUT2D eigenvalue weighted by atomic mass is 35.5. The largest absolute Gasteiger partial charge is 0.489 e. The van der Waals surface area contributed by atoms with Crippen LogP contribution in [0.4, 0.5) is 5.69 Å². The van der Waals surface area contributed by atoms with E-state index in [4.69, 9.17) is 22.1 Å². The Bertz CT molecular complexity index is 525. The number of benzene rings is 2. The minimum atomic E-state index is 0.504. The van der Waals surface area contributed by atoms with Gasteiger partial charge in [-0.1, -0.05) is 23.7 Å². The Kier molecular flexibility index (Phi) is 3.55. The molecule has 88 valence electrons. The van der Waals surface area contributed by atoms with E-state index in [-0.39, 0.29) is 0 Å². The lowest BCUT2D eigenvalue weighted by Crippen LogP contribution is -1.96. The Balaban J connectivity index is 2.05. The van der Waals surface area contributed by atoms with Crippen molar-refractivity contribution >= 4 is 17.3 Å². The minimum absolute atomic E-state index is 0.504. The van der Waals surface area contributed by atoms with Gasteiger partial charge in [0.1, 0.15) is 12.4 Å². The van der Waals surface area contributed by atoms with Crippen LogP contribution < -0.4 is 10.5 Å². The summed E-state index contributed by atoms with van der Waals surface area (Å²) < 4.78 is 5.67. The third kappa shape index (κ3) is 3.14. The van der Waals surface area contributed by atoms with E-state index >= 15 is 0 Å². The van der Waals surface area contributed by atoms with Crippen LogP contribution in [0.25, 0.3) is 0 Å². The van der Waals surface area contributed by atoms with Crippen LogP contribution in [0.2, 0.25) is 5.02 Å². The number of nitrogen functional groups attached to an aromatic ring is 1. The van der Waals surface area contributed by atoms with Crippen LogP contribution in [-0.4, -0.2) is 0 Å². The maximum Gasteiger partial charge on any atom is 0.120 e. The van der Waals surface area contributed by atoms with Crippen molar-refractivity contribution in [3.8, 4) is 5.75 Å². The Morgan fingerprint density at radius 2 is 2.00 bits per heavy atom. The van der Waals surface area contributed by atoms with Crippen molar-refractivity contribution in [3.05, 3.63) is 58.6 Å². The maximum absolute atomic E-state index is 5.90. The monoisotopic (exact) mass is 247 g/mol. The summed E-state index contributed by atoms with van der Waals surface area (Å²) in [6, 6.07) is 13.3. The van der Waals surface area contributed by atoms with Gasteiger partial charge in [-0.25, -0.2) is 0 Å². The molecule has 0 heterocycles. The second-order valence-corrected chi connectivity index (χ2v) is 4.37. The summed E-state index contributed by atoms with van der Waals surface area (Å²) in [6.45, 7) is 2.46. The van der Waals surface area contributed by atoms with Gasteiger partial charge < -0.3 is 10.5 Å². The average Bonchev–Trinajstić information content (AvgIpc) is 2.31. The number of rotatable bonds is 3. The molecule has 2 nitrogen and oxygen atoms in total. The molecule has 2 aromatic rings. The second kappa shape index (κ2) is 5.11. The molecule has 0 radical (unpaired) electrons.